The average molecular weight is 300 g/mol. The Balaban J connectivity index is 1.82. The molecule has 6 nitrogen and oxygen atoms in total. The second-order valence-electron chi connectivity index (χ2n) is 4.25. The van der Waals surface area contributed by atoms with Crippen molar-refractivity contribution in [3.63, 3.8) is 0 Å². The minimum absolute atomic E-state index is 0.414. The Labute approximate surface area is 127 Å². The number of benzene rings is 1. The molecule has 0 aliphatic carbocycles. The van der Waals surface area contributed by atoms with Gasteiger partial charge < -0.3 is 9.15 Å². The first-order valence-electron chi connectivity index (χ1n) is 6.74. The number of furan rings is 1. The number of hydrazine groups is 1. The van der Waals surface area contributed by atoms with Crippen LogP contribution in [0.2, 0.25) is 0 Å². The molecule has 0 spiro atoms. The quantitative estimate of drug-likeness (QED) is 0.655. The molecule has 114 valence electrons. The third-order valence-electron chi connectivity index (χ3n) is 2.67. The standard InChI is InChI=1S/C16H16N2O4/c1-2-21-14-7-5-12(6-8-14)16(20)18-17-15(19)10-9-13-4-3-11-22-13/h3-11H,2H2,1H3,(H,17,19)(H,18,20)/b10-9+. The zero-order chi connectivity index (χ0) is 15.8. The summed E-state index contributed by atoms with van der Waals surface area (Å²) in [5.74, 6) is 0.357. The first kappa shape index (κ1) is 15.4. The van der Waals surface area contributed by atoms with Crippen LogP contribution >= 0.6 is 0 Å². The molecule has 0 fully saturated rings. The molecule has 1 aromatic heterocycles. The van der Waals surface area contributed by atoms with Gasteiger partial charge in [0.1, 0.15) is 11.5 Å². The molecule has 0 saturated heterocycles. The van der Waals surface area contributed by atoms with Gasteiger partial charge in [0.15, 0.2) is 0 Å². The molecule has 6 heteroatoms. The second kappa shape index (κ2) is 7.68. The zero-order valence-corrected chi connectivity index (χ0v) is 12.0. The largest absolute Gasteiger partial charge is 0.494 e. The van der Waals surface area contributed by atoms with Gasteiger partial charge in [-0.05, 0) is 49.4 Å². The van der Waals surface area contributed by atoms with E-state index in [1.807, 2.05) is 6.92 Å². The Morgan fingerprint density at radius 3 is 2.59 bits per heavy atom. The number of rotatable bonds is 5. The van der Waals surface area contributed by atoms with Crippen molar-refractivity contribution in [2.75, 3.05) is 6.61 Å². The summed E-state index contributed by atoms with van der Waals surface area (Å²) in [6.07, 6.45) is 4.26. The molecule has 22 heavy (non-hydrogen) atoms. The molecule has 0 saturated carbocycles. The summed E-state index contributed by atoms with van der Waals surface area (Å²) in [5, 5.41) is 0. The van der Waals surface area contributed by atoms with Crippen LogP contribution in [-0.2, 0) is 4.79 Å². The van der Waals surface area contributed by atoms with Crippen LogP contribution in [0.15, 0.2) is 53.2 Å². The highest BCUT2D eigenvalue weighted by molar-refractivity contribution is 5.97. The highest BCUT2D eigenvalue weighted by Crippen LogP contribution is 2.11. The van der Waals surface area contributed by atoms with Gasteiger partial charge in [-0.3, -0.25) is 20.4 Å². The normalized spacial score (nSPS) is 10.4. The van der Waals surface area contributed by atoms with E-state index in [1.54, 1.807) is 36.4 Å². The van der Waals surface area contributed by atoms with E-state index < -0.39 is 11.8 Å². The van der Waals surface area contributed by atoms with Crippen LogP contribution in [-0.4, -0.2) is 18.4 Å². The second-order valence-corrected chi connectivity index (χ2v) is 4.25. The summed E-state index contributed by atoms with van der Waals surface area (Å²) in [5.41, 5.74) is 5.02. The summed E-state index contributed by atoms with van der Waals surface area (Å²) < 4.78 is 10.3. The lowest BCUT2D eigenvalue weighted by Crippen LogP contribution is -2.40. The molecular weight excluding hydrogens is 284 g/mol. The van der Waals surface area contributed by atoms with Crippen molar-refractivity contribution >= 4 is 17.9 Å². The van der Waals surface area contributed by atoms with E-state index in [1.165, 1.54) is 18.4 Å². The minimum atomic E-state index is -0.462. The van der Waals surface area contributed by atoms with Gasteiger partial charge in [-0.25, -0.2) is 0 Å². The van der Waals surface area contributed by atoms with Crippen molar-refractivity contribution in [1.29, 1.82) is 0 Å². The maximum Gasteiger partial charge on any atom is 0.269 e. The predicted octanol–water partition coefficient (Wildman–Crippen LogP) is 2.15. The molecular formula is C16H16N2O4. The summed E-state index contributed by atoms with van der Waals surface area (Å²) in [6, 6.07) is 10.0. The molecule has 0 aliphatic rings. The van der Waals surface area contributed by atoms with Crippen LogP contribution < -0.4 is 15.6 Å². The van der Waals surface area contributed by atoms with Crippen molar-refractivity contribution < 1.29 is 18.7 Å². The molecule has 1 heterocycles. The van der Waals surface area contributed by atoms with Crippen LogP contribution in [0, 0.1) is 0 Å². The molecule has 2 amide bonds. The molecule has 1 aromatic carbocycles. The monoisotopic (exact) mass is 300 g/mol. The van der Waals surface area contributed by atoms with Gasteiger partial charge in [0.05, 0.1) is 12.9 Å². The summed E-state index contributed by atoms with van der Waals surface area (Å²) in [4.78, 5) is 23.4. The number of nitrogens with one attached hydrogen (secondary N) is 2. The third-order valence-corrected chi connectivity index (χ3v) is 2.67. The fourth-order valence-corrected chi connectivity index (χ4v) is 1.65. The predicted molar refractivity (Wildman–Crippen MR) is 81.0 cm³/mol. The van der Waals surface area contributed by atoms with E-state index in [9.17, 15) is 9.59 Å². The van der Waals surface area contributed by atoms with Crippen molar-refractivity contribution in [3.05, 3.63) is 60.1 Å². The Hall–Kier alpha value is -3.02. The van der Waals surface area contributed by atoms with Crippen molar-refractivity contribution in [2.24, 2.45) is 0 Å². The number of carbonyl (C=O) groups excluding carboxylic acids is 2. The van der Waals surface area contributed by atoms with E-state index in [-0.39, 0.29) is 0 Å². The summed E-state index contributed by atoms with van der Waals surface area (Å²) in [7, 11) is 0. The van der Waals surface area contributed by atoms with Crippen LogP contribution in [0.25, 0.3) is 6.08 Å². The van der Waals surface area contributed by atoms with Crippen molar-refractivity contribution in [1.82, 2.24) is 10.9 Å². The van der Waals surface area contributed by atoms with E-state index in [0.29, 0.717) is 23.7 Å². The summed E-state index contributed by atoms with van der Waals surface area (Å²) in [6.45, 7) is 2.44. The van der Waals surface area contributed by atoms with Crippen LogP contribution in [0.3, 0.4) is 0 Å². The fourth-order valence-electron chi connectivity index (χ4n) is 1.65. The number of ether oxygens (including phenoxy) is 1. The van der Waals surface area contributed by atoms with Gasteiger partial charge in [-0.2, -0.15) is 0 Å². The van der Waals surface area contributed by atoms with E-state index in [0.717, 1.165) is 0 Å². The molecule has 0 unspecified atom stereocenters. The maximum atomic E-state index is 11.8. The first-order valence-corrected chi connectivity index (χ1v) is 6.74. The number of carbonyl (C=O) groups is 2. The van der Waals surface area contributed by atoms with E-state index in [4.69, 9.17) is 9.15 Å². The number of hydrogen-bond acceptors (Lipinski definition) is 4. The minimum Gasteiger partial charge on any atom is -0.494 e. The van der Waals surface area contributed by atoms with E-state index >= 15 is 0 Å². The summed E-state index contributed by atoms with van der Waals surface area (Å²) >= 11 is 0. The lowest BCUT2D eigenvalue weighted by molar-refractivity contribution is -0.117. The average Bonchev–Trinajstić information content (AvgIpc) is 3.05. The van der Waals surface area contributed by atoms with Gasteiger partial charge in [-0.15, -0.1) is 0 Å². The van der Waals surface area contributed by atoms with Gasteiger partial charge in [0.25, 0.3) is 11.8 Å². The van der Waals surface area contributed by atoms with Crippen molar-refractivity contribution in [3.8, 4) is 5.75 Å². The zero-order valence-electron chi connectivity index (χ0n) is 12.0. The van der Waals surface area contributed by atoms with Crippen LogP contribution in [0.4, 0.5) is 0 Å². The van der Waals surface area contributed by atoms with Gasteiger partial charge in [0, 0.05) is 11.6 Å². The SMILES string of the molecule is CCOc1ccc(C(=O)NNC(=O)/C=C/c2ccco2)cc1. The van der Waals surface area contributed by atoms with Gasteiger partial charge >= 0.3 is 0 Å². The Morgan fingerprint density at radius 1 is 1.18 bits per heavy atom. The number of hydrogen-bond donors (Lipinski definition) is 2. The fraction of sp³-hybridized carbons (Fsp3) is 0.125. The highest BCUT2D eigenvalue weighted by atomic mass is 16.5. The third kappa shape index (κ3) is 4.52. The topological polar surface area (TPSA) is 80.6 Å². The molecule has 2 aromatic rings. The molecule has 2 N–H and O–H groups in total. The molecule has 0 bridgehead atoms. The number of amides is 2. The van der Waals surface area contributed by atoms with Crippen LogP contribution in [0.1, 0.15) is 23.0 Å². The van der Waals surface area contributed by atoms with Gasteiger partial charge in [0.2, 0.25) is 0 Å². The Kier molecular flexibility index (Phi) is 5.37. The van der Waals surface area contributed by atoms with Crippen molar-refractivity contribution in [2.45, 2.75) is 6.92 Å². The smallest absolute Gasteiger partial charge is 0.269 e. The molecule has 0 radical (unpaired) electrons. The molecule has 2 rings (SSSR count). The molecule has 0 aliphatic heterocycles. The Bertz CT molecular complexity index is 645. The van der Waals surface area contributed by atoms with Crippen LogP contribution in [0.5, 0.6) is 5.75 Å². The van der Waals surface area contributed by atoms with E-state index in [2.05, 4.69) is 10.9 Å². The lowest BCUT2D eigenvalue weighted by Gasteiger charge is -2.06. The van der Waals surface area contributed by atoms with Gasteiger partial charge in [-0.1, -0.05) is 0 Å². The molecule has 0 atom stereocenters. The maximum absolute atomic E-state index is 11.8. The Morgan fingerprint density at radius 2 is 1.95 bits per heavy atom. The highest BCUT2D eigenvalue weighted by Gasteiger charge is 2.06. The first-order chi connectivity index (χ1) is 10.7. The lowest BCUT2D eigenvalue weighted by atomic mass is 10.2.